The van der Waals surface area contributed by atoms with Gasteiger partial charge in [-0.3, -0.25) is 4.79 Å². The smallest absolute Gasteiger partial charge is 0.315 e. The molecule has 0 aromatic heterocycles. The molecule has 0 heterocycles. The molecule has 0 aromatic carbocycles. The van der Waals surface area contributed by atoms with Crippen molar-refractivity contribution >= 4 is 5.97 Å². The zero-order valence-corrected chi connectivity index (χ0v) is 11.3. The predicted molar refractivity (Wildman–Crippen MR) is 68.6 cm³/mol. The average Bonchev–Trinajstić information content (AvgIpc) is 2.62. The molecule has 0 unspecified atom stereocenters. The lowest BCUT2D eigenvalue weighted by Crippen LogP contribution is -2.32. The Kier molecular flexibility index (Phi) is 3.09. The molecular weight excluding hydrogens is 212 g/mol. The van der Waals surface area contributed by atoms with E-state index in [1.54, 1.807) is 0 Å². The number of ether oxygens (including phenoxy) is 1. The Morgan fingerprint density at radius 2 is 2.12 bits per heavy atom. The van der Waals surface area contributed by atoms with Crippen LogP contribution in [0.1, 0.15) is 52.4 Å². The van der Waals surface area contributed by atoms with Gasteiger partial charge in [0.25, 0.3) is 0 Å². The fourth-order valence-electron chi connectivity index (χ4n) is 4.09. The first-order valence-corrected chi connectivity index (χ1v) is 6.69. The van der Waals surface area contributed by atoms with Crippen LogP contribution < -0.4 is 0 Å². The summed E-state index contributed by atoms with van der Waals surface area (Å²) in [5, 5.41) is 0. The maximum absolute atomic E-state index is 12.2. The molecule has 2 heteroatoms. The lowest BCUT2D eigenvalue weighted by atomic mass is 9.69. The van der Waals surface area contributed by atoms with Gasteiger partial charge in [0.15, 0.2) is 0 Å². The topological polar surface area (TPSA) is 26.3 Å². The second kappa shape index (κ2) is 4.15. The van der Waals surface area contributed by atoms with Crippen LogP contribution >= 0.6 is 0 Å². The molecule has 2 fully saturated rings. The van der Waals surface area contributed by atoms with Crippen LogP contribution in [-0.2, 0) is 9.53 Å². The summed E-state index contributed by atoms with van der Waals surface area (Å²) in [6.07, 6.45) is 7.03. The van der Waals surface area contributed by atoms with Crippen LogP contribution in [0.15, 0.2) is 12.2 Å². The highest BCUT2D eigenvalue weighted by atomic mass is 16.5. The largest absolute Gasteiger partial charge is 0.468 e. The second-order valence-electron chi connectivity index (χ2n) is 6.33. The van der Waals surface area contributed by atoms with E-state index in [1.807, 2.05) is 6.92 Å². The number of methoxy groups -OCH3 is 1. The van der Waals surface area contributed by atoms with Crippen LogP contribution in [0.5, 0.6) is 0 Å². The maximum Gasteiger partial charge on any atom is 0.315 e. The summed E-state index contributed by atoms with van der Waals surface area (Å²) >= 11 is 0. The van der Waals surface area contributed by atoms with Crippen molar-refractivity contribution in [3.8, 4) is 0 Å². The van der Waals surface area contributed by atoms with E-state index in [4.69, 9.17) is 4.74 Å². The van der Waals surface area contributed by atoms with Gasteiger partial charge in [0.2, 0.25) is 0 Å². The molecule has 17 heavy (non-hydrogen) atoms. The Hall–Kier alpha value is -0.790. The summed E-state index contributed by atoms with van der Waals surface area (Å²) in [5.41, 5.74) is 0.907. The molecular formula is C15H24O2. The standard InChI is InChI=1S/C15H24O2/c1-11(2)15(13(16)17-4)9-12-7-5-6-8-14(12,3)10-15/h12H,1,5-10H2,2-4H3/t12-,14+,15-/m0/s1. The normalized spacial score (nSPS) is 40.8. The third kappa shape index (κ3) is 1.82. The van der Waals surface area contributed by atoms with Crippen LogP contribution in [0.25, 0.3) is 0 Å². The van der Waals surface area contributed by atoms with Crippen LogP contribution in [0.2, 0.25) is 0 Å². The summed E-state index contributed by atoms with van der Waals surface area (Å²) in [6.45, 7) is 8.40. The van der Waals surface area contributed by atoms with Crippen molar-refractivity contribution in [3.63, 3.8) is 0 Å². The van der Waals surface area contributed by atoms with E-state index in [0.717, 1.165) is 18.4 Å². The number of hydrogen-bond donors (Lipinski definition) is 0. The summed E-state index contributed by atoms with van der Waals surface area (Å²) in [5.74, 6) is 0.604. The van der Waals surface area contributed by atoms with Crippen LogP contribution in [0.3, 0.4) is 0 Å². The zero-order valence-electron chi connectivity index (χ0n) is 11.3. The van der Waals surface area contributed by atoms with Crippen molar-refractivity contribution in [2.75, 3.05) is 7.11 Å². The molecule has 0 saturated heterocycles. The van der Waals surface area contributed by atoms with Crippen molar-refractivity contribution in [1.29, 1.82) is 0 Å². The lowest BCUT2D eigenvalue weighted by Gasteiger charge is -2.36. The lowest BCUT2D eigenvalue weighted by molar-refractivity contribution is -0.150. The summed E-state index contributed by atoms with van der Waals surface area (Å²) in [4.78, 5) is 12.2. The Balaban J connectivity index is 2.32. The molecule has 3 atom stereocenters. The average molecular weight is 236 g/mol. The maximum atomic E-state index is 12.2. The number of esters is 1. The molecule has 0 bridgehead atoms. The highest BCUT2D eigenvalue weighted by Gasteiger charge is 2.57. The van der Waals surface area contributed by atoms with E-state index >= 15 is 0 Å². The molecule has 0 aliphatic heterocycles. The van der Waals surface area contributed by atoms with Crippen LogP contribution in [0.4, 0.5) is 0 Å². The number of hydrogen-bond acceptors (Lipinski definition) is 2. The van der Waals surface area contributed by atoms with E-state index in [2.05, 4.69) is 13.5 Å². The second-order valence-corrected chi connectivity index (χ2v) is 6.33. The fraction of sp³-hybridized carbons (Fsp3) is 0.800. The summed E-state index contributed by atoms with van der Waals surface area (Å²) in [6, 6.07) is 0. The van der Waals surface area contributed by atoms with Crippen molar-refractivity contribution < 1.29 is 9.53 Å². The number of carbonyl (C=O) groups is 1. The van der Waals surface area contributed by atoms with Gasteiger partial charge in [-0.05, 0) is 43.9 Å². The van der Waals surface area contributed by atoms with E-state index in [0.29, 0.717) is 11.3 Å². The van der Waals surface area contributed by atoms with Gasteiger partial charge in [-0.25, -0.2) is 0 Å². The van der Waals surface area contributed by atoms with Gasteiger partial charge in [0.05, 0.1) is 12.5 Å². The van der Waals surface area contributed by atoms with Crippen molar-refractivity contribution in [1.82, 2.24) is 0 Å². The molecule has 2 nitrogen and oxygen atoms in total. The van der Waals surface area contributed by atoms with Gasteiger partial charge in [-0.1, -0.05) is 31.9 Å². The molecule has 0 amide bonds. The fourth-order valence-corrected chi connectivity index (χ4v) is 4.09. The minimum atomic E-state index is -0.404. The van der Waals surface area contributed by atoms with Gasteiger partial charge in [0.1, 0.15) is 0 Å². The van der Waals surface area contributed by atoms with Crippen molar-refractivity contribution in [2.45, 2.75) is 52.4 Å². The quantitative estimate of drug-likeness (QED) is 0.539. The summed E-state index contributed by atoms with van der Waals surface area (Å²) in [7, 11) is 1.50. The van der Waals surface area contributed by atoms with Crippen LogP contribution in [-0.4, -0.2) is 13.1 Å². The molecule has 0 spiro atoms. The van der Waals surface area contributed by atoms with E-state index in [1.165, 1.54) is 32.8 Å². The highest BCUT2D eigenvalue weighted by molar-refractivity contribution is 5.81. The van der Waals surface area contributed by atoms with Gasteiger partial charge >= 0.3 is 5.97 Å². The molecule has 2 aliphatic rings. The predicted octanol–water partition coefficient (Wildman–Crippen LogP) is 3.71. The van der Waals surface area contributed by atoms with Crippen molar-refractivity contribution in [2.24, 2.45) is 16.7 Å². The highest BCUT2D eigenvalue weighted by Crippen LogP contribution is 2.61. The van der Waals surface area contributed by atoms with E-state index in [9.17, 15) is 4.79 Å². The van der Waals surface area contributed by atoms with Crippen molar-refractivity contribution in [3.05, 3.63) is 12.2 Å². The molecule has 2 aliphatic carbocycles. The van der Waals surface area contributed by atoms with E-state index in [-0.39, 0.29) is 5.97 Å². The van der Waals surface area contributed by atoms with Gasteiger partial charge in [-0.15, -0.1) is 0 Å². The van der Waals surface area contributed by atoms with E-state index < -0.39 is 5.41 Å². The number of carbonyl (C=O) groups excluding carboxylic acids is 1. The zero-order chi connectivity index (χ0) is 12.7. The molecule has 0 N–H and O–H groups in total. The first-order valence-electron chi connectivity index (χ1n) is 6.69. The first kappa shape index (κ1) is 12.7. The molecule has 0 radical (unpaired) electrons. The monoisotopic (exact) mass is 236 g/mol. The van der Waals surface area contributed by atoms with Gasteiger partial charge < -0.3 is 4.74 Å². The SMILES string of the molecule is C=C(C)[C@]1(C(=O)OC)C[C@@H]2CCCC[C@]2(C)C1. The minimum Gasteiger partial charge on any atom is -0.468 e. The molecule has 0 aromatic rings. The Bertz CT molecular complexity index is 347. The Labute approximate surface area is 104 Å². The van der Waals surface area contributed by atoms with Gasteiger partial charge in [-0.2, -0.15) is 0 Å². The van der Waals surface area contributed by atoms with Gasteiger partial charge in [0, 0.05) is 0 Å². The minimum absolute atomic E-state index is 0.0689. The Morgan fingerprint density at radius 3 is 2.65 bits per heavy atom. The Morgan fingerprint density at radius 1 is 1.41 bits per heavy atom. The molecule has 2 rings (SSSR count). The molecule has 2 saturated carbocycles. The number of rotatable bonds is 2. The summed E-state index contributed by atoms with van der Waals surface area (Å²) < 4.78 is 5.05. The molecule has 96 valence electrons. The first-order chi connectivity index (χ1) is 7.94. The third-order valence-electron chi connectivity index (χ3n) is 5.23. The third-order valence-corrected chi connectivity index (χ3v) is 5.23. The van der Waals surface area contributed by atoms with Crippen LogP contribution in [0, 0.1) is 16.7 Å². The number of fused-ring (bicyclic) bond motifs is 1.